The Balaban J connectivity index is 1.27. The number of rotatable bonds is 3. The van der Waals surface area contributed by atoms with Crippen LogP contribution in [0.4, 0.5) is 24.7 Å². The maximum Gasteiger partial charge on any atom is 0.410 e. The molecule has 4 heterocycles. The summed E-state index contributed by atoms with van der Waals surface area (Å²) < 4.78 is 64.4. The standard InChI is InChI=1S/C23H19F3N4O5/c24-23(25,26)20-9-14(12-1-3-17-18(7-12)35-11-34-17)28-21-10-15(29-30(20)21)22(31)27-13-2-4-16-19(8-13)33-6-5-32-16/h1-4,7-8,10,14,20,28H,5-6,9,11H2,(H,27,31)/t14-,20-/m1/s1. The molecule has 2 atom stereocenters. The molecule has 0 aliphatic carbocycles. The second-order valence-corrected chi connectivity index (χ2v) is 8.27. The van der Waals surface area contributed by atoms with Crippen molar-refractivity contribution in [1.29, 1.82) is 0 Å². The molecule has 35 heavy (non-hydrogen) atoms. The molecule has 0 saturated carbocycles. The van der Waals surface area contributed by atoms with Gasteiger partial charge in [-0.1, -0.05) is 6.07 Å². The molecule has 0 fully saturated rings. The average Bonchev–Trinajstić information content (AvgIpc) is 3.49. The minimum Gasteiger partial charge on any atom is -0.486 e. The number of ether oxygens (including phenoxy) is 4. The van der Waals surface area contributed by atoms with Gasteiger partial charge in [0.05, 0.1) is 6.04 Å². The summed E-state index contributed by atoms with van der Waals surface area (Å²) in [5.74, 6) is 1.49. The zero-order chi connectivity index (χ0) is 24.2. The molecule has 1 amide bonds. The van der Waals surface area contributed by atoms with Crippen LogP contribution in [0.5, 0.6) is 23.0 Å². The number of halogens is 3. The van der Waals surface area contributed by atoms with Gasteiger partial charge in [-0.3, -0.25) is 4.79 Å². The van der Waals surface area contributed by atoms with Crippen LogP contribution in [0.2, 0.25) is 0 Å². The van der Waals surface area contributed by atoms with Gasteiger partial charge in [-0.25, -0.2) is 4.68 Å². The van der Waals surface area contributed by atoms with Crippen molar-refractivity contribution in [3.8, 4) is 23.0 Å². The molecule has 0 bridgehead atoms. The Hall–Kier alpha value is -4.09. The van der Waals surface area contributed by atoms with Crippen molar-refractivity contribution in [2.75, 3.05) is 30.6 Å². The quantitative estimate of drug-likeness (QED) is 0.568. The molecular weight excluding hydrogens is 469 g/mol. The molecular formula is C23H19F3N4O5. The maximum atomic E-state index is 14.0. The van der Waals surface area contributed by atoms with Crippen LogP contribution in [0.3, 0.4) is 0 Å². The summed E-state index contributed by atoms with van der Waals surface area (Å²) in [6, 6.07) is 8.61. The number of fused-ring (bicyclic) bond motifs is 3. The average molecular weight is 488 g/mol. The first-order valence-electron chi connectivity index (χ1n) is 10.9. The fourth-order valence-electron chi connectivity index (χ4n) is 4.35. The van der Waals surface area contributed by atoms with Crippen LogP contribution < -0.4 is 29.6 Å². The van der Waals surface area contributed by atoms with E-state index in [9.17, 15) is 18.0 Å². The van der Waals surface area contributed by atoms with Crippen LogP contribution in [0.15, 0.2) is 42.5 Å². The van der Waals surface area contributed by atoms with Crippen LogP contribution in [0.25, 0.3) is 0 Å². The molecule has 0 spiro atoms. The van der Waals surface area contributed by atoms with E-state index in [-0.39, 0.29) is 24.7 Å². The highest BCUT2D eigenvalue weighted by Gasteiger charge is 2.47. The second-order valence-electron chi connectivity index (χ2n) is 8.27. The lowest BCUT2D eigenvalue weighted by atomic mass is 9.96. The lowest BCUT2D eigenvalue weighted by Gasteiger charge is -2.33. The monoisotopic (exact) mass is 488 g/mol. The fourth-order valence-corrected chi connectivity index (χ4v) is 4.35. The van der Waals surface area contributed by atoms with Crippen molar-refractivity contribution >= 4 is 17.4 Å². The Labute approximate surface area is 196 Å². The number of nitrogens with zero attached hydrogens (tertiary/aromatic N) is 2. The molecule has 182 valence electrons. The van der Waals surface area contributed by atoms with Gasteiger partial charge < -0.3 is 29.6 Å². The molecule has 3 aliphatic rings. The first-order chi connectivity index (χ1) is 16.8. The molecule has 9 nitrogen and oxygen atoms in total. The van der Waals surface area contributed by atoms with E-state index in [2.05, 4.69) is 15.7 Å². The summed E-state index contributed by atoms with van der Waals surface area (Å²) in [6.45, 7) is 0.878. The van der Waals surface area contributed by atoms with Gasteiger partial charge in [0.1, 0.15) is 19.0 Å². The van der Waals surface area contributed by atoms with E-state index in [1.54, 1.807) is 36.4 Å². The molecule has 1 aromatic heterocycles. The summed E-state index contributed by atoms with van der Waals surface area (Å²) in [5, 5.41) is 9.72. The van der Waals surface area contributed by atoms with Gasteiger partial charge in [-0.05, 0) is 29.8 Å². The summed E-state index contributed by atoms with van der Waals surface area (Å²) in [5.41, 5.74) is 0.866. The second kappa shape index (κ2) is 8.00. The first kappa shape index (κ1) is 21.4. The van der Waals surface area contributed by atoms with E-state index < -0.39 is 24.2 Å². The van der Waals surface area contributed by atoms with Gasteiger partial charge in [0.15, 0.2) is 34.7 Å². The Kier molecular flexibility index (Phi) is 4.90. The minimum absolute atomic E-state index is 0.0661. The van der Waals surface area contributed by atoms with Crippen molar-refractivity contribution < 1.29 is 36.9 Å². The molecule has 0 saturated heterocycles. The third-order valence-electron chi connectivity index (χ3n) is 6.02. The fraction of sp³-hybridized carbons (Fsp3) is 0.304. The molecule has 2 aromatic carbocycles. The van der Waals surface area contributed by atoms with Gasteiger partial charge in [-0.15, -0.1) is 0 Å². The maximum absolute atomic E-state index is 14.0. The molecule has 2 N–H and O–H groups in total. The Morgan fingerprint density at radius 2 is 1.69 bits per heavy atom. The van der Waals surface area contributed by atoms with Crippen LogP contribution >= 0.6 is 0 Å². The number of amides is 1. The van der Waals surface area contributed by atoms with E-state index in [1.807, 2.05) is 0 Å². The summed E-state index contributed by atoms with van der Waals surface area (Å²) in [7, 11) is 0. The number of benzene rings is 2. The highest BCUT2D eigenvalue weighted by Crippen LogP contribution is 2.45. The van der Waals surface area contributed by atoms with E-state index in [0.29, 0.717) is 47.5 Å². The van der Waals surface area contributed by atoms with Gasteiger partial charge >= 0.3 is 6.18 Å². The van der Waals surface area contributed by atoms with Crippen LogP contribution in [0.1, 0.15) is 34.6 Å². The van der Waals surface area contributed by atoms with E-state index >= 15 is 0 Å². The molecule has 0 radical (unpaired) electrons. The number of anilines is 2. The van der Waals surface area contributed by atoms with Gasteiger partial charge in [0.25, 0.3) is 5.91 Å². The number of carbonyl (C=O) groups is 1. The zero-order valence-corrected chi connectivity index (χ0v) is 18.1. The SMILES string of the molecule is O=C(Nc1ccc2c(c1)OCCO2)c1cc2n(n1)[C@@H](C(F)(F)F)C[C@H](c1ccc3c(c1)OCO3)N2. The van der Waals surface area contributed by atoms with Crippen LogP contribution in [0, 0.1) is 0 Å². The lowest BCUT2D eigenvalue weighted by Crippen LogP contribution is -2.35. The first-order valence-corrected chi connectivity index (χ1v) is 10.9. The summed E-state index contributed by atoms with van der Waals surface area (Å²) >= 11 is 0. The molecule has 6 rings (SSSR count). The largest absolute Gasteiger partial charge is 0.486 e. The van der Waals surface area contributed by atoms with Gasteiger partial charge in [-0.2, -0.15) is 18.3 Å². The van der Waals surface area contributed by atoms with Crippen LogP contribution in [-0.4, -0.2) is 41.9 Å². The molecule has 12 heteroatoms. The van der Waals surface area contributed by atoms with E-state index in [0.717, 1.165) is 4.68 Å². The summed E-state index contributed by atoms with van der Waals surface area (Å²) in [6.07, 6.45) is -4.87. The number of carbonyl (C=O) groups excluding carboxylic acids is 1. The highest BCUT2D eigenvalue weighted by atomic mass is 19.4. The van der Waals surface area contributed by atoms with E-state index in [1.165, 1.54) is 6.07 Å². The predicted octanol–water partition coefficient (Wildman–Crippen LogP) is 4.30. The van der Waals surface area contributed by atoms with Crippen molar-refractivity contribution in [2.45, 2.75) is 24.7 Å². The topological polar surface area (TPSA) is 95.9 Å². The lowest BCUT2D eigenvalue weighted by molar-refractivity contribution is -0.173. The summed E-state index contributed by atoms with van der Waals surface area (Å²) in [4.78, 5) is 12.8. The normalized spacial score (nSPS) is 20.1. The third-order valence-corrected chi connectivity index (χ3v) is 6.02. The van der Waals surface area contributed by atoms with Gasteiger partial charge in [0, 0.05) is 24.2 Å². The number of hydrogen-bond donors (Lipinski definition) is 2. The number of nitrogens with one attached hydrogen (secondary N) is 2. The third kappa shape index (κ3) is 3.94. The molecule has 3 aliphatic heterocycles. The zero-order valence-electron chi connectivity index (χ0n) is 18.1. The van der Waals surface area contributed by atoms with Crippen molar-refractivity contribution in [3.63, 3.8) is 0 Å². The number of alkyl halides is 3. The molecule has 0 unspecified atom stereocenters. The Morgan fingerprint density at radius 3 is 2.51 bits per heavy atom. The predicted molar refractivity (Wildman–Crippen MR) is 116 cm³/mol. The van der Waals surface area contributed by atoms with Gasteiger partial charge in [0.2, 0.25) is 6.79 Å². The van der Waals surface area contributed by atoms with Crippen molar-refractivity contribution in [2.24, 2.45) is 0 Å². The number of aromatic nitrogens is 2. The molecule has 3 aromatic rings. The van der Waals surface area contributed by atoms with E-state index in [4.69, 9.17) is 18.9 Å². The Bertz CT molecular complexity index is 1310. The van der Waals surface area contributed by atoms with Crippen LogP contribution in [-0.2, 0) is 0 Å². The smallest absolute Gasteiger partial charge is 0.410 e. The Morgan fingerprint density at radius 1 is 0.971 bits per heavy atom. The van der Waals surface area contributed by atoms with Crippen molar-refractivity contribution in [1.82, 2.24) is 9.78 Å². The minimum atomic E-state index is -4.57. The number of hydrogen-bond acceptors (Lipinski definition) is 7. The highest BCUT2D eigenvalue weighted by molar-refractivity contribution is 6.03. The van der Waals surface area contributed by atoms with Crippen molar-refractivity contribution in [3.05, 3.63) is 53.7 Å².